The zero-order chi connectivity index (χ0) is 20.0. The van der Waals surface area contributed by atoms with E-state index in [2.05, 4.69) is 20.5 Å². The number of nitrogens with zero attached hydrogens (tertiary/aromatic N) is 3. The molecule has 150 valence electrons. The topological polar surface area (TPSA) is 94.1 Å². The number of hydrogen-bond acceptors (Lipinski definition) is 5. The first-order chi connectivity index (χ1) is 14.0. The van der Waals surface area contributed by atoms with Crippen LogP contribution >= 0.6 is 0 Å². The molecule has 3 aromatic rings. The van der Waals surface area contributed by atoms with Gasteiger partial charge in [-0.25, -0.2) is 4.98 Å². The predicted octanol–water partition coefficient (Wildman–Crippen LogP) is 2.85. The summed E-state index contributed by atoms with van der Waals surface area (Å²) >= 11 is 0. The largest absolute Gasteiger partial charge is 0.508 e. The second kappa shape index (κ2) is 6.84. The van der Waals surface area contributed by atoms with Crippen LogP contribution in [0.15, 0.2) is 30.3 Å². The number of pyridine rings is 1. The van der Waals surface area contributed by atoms with E-state index in [0.29, 0.717) is 16.9 Å². The highest BCUT2D eigenvalue weighted by molar-refractivity contribution is 6.07. The highest BCUT2D eigenvalue weighted by Gasteiger charge is 2.39. The fourth-order valence-corrected chi connectivity index (χ4v) is 4.82. The number of carbonyl (C=O) groups excluding carboxylic acids is 1. The number of H-pyrrole nitrogens is 1. The third kappa shape index (κ3) is 3.15. The van der Waals surface area contributed by atoms with Gasteiger partial charge in [0.2, 0.25) is 0 Å². The molecule has 1 amide bonds. The van der Waals surface area contributed by atoms with Crippen LogP contribution in [0.2, 0.25) is 0 Å². The average Bonchev–Trinajstić information content (AvgIpc) is 3.34. The lowest BCUT2D eigenvalue weighted by atomic mass is 9.79. The number of aryl methyl sites for hydroxylation is 1. The summed E-state index contributed by atoms with van der Waals surface area (Å²) in [6.07, 6.45) is 3.35. The average molecular weight is 391 g/mol. The second-order valence-electron chi connectivity index (χ2n) is 8.41. The Labute approximate surface area is 169 Å². The van der Waals surface area contributed by atoms with Gasteiger partial charge in [0.25, 0.3) is 5.91 Å². The molecule has 7 nitrogen and oxygen atoms in total. The summed E-state index contributed by atoms with van der Waals surface area (Å²) in [5.41, 5.74) is 3.78. The van der Waals surface area contributed by atoms with Crippen LogP contribution in [-0.4, -0.2) is 57.3 Å². The summed E-state index contributed by atoms with van der Waals surface area (Å²) in [4.78, 5) is 20.3. The molecule has 2 aliphatic rings. The van der Waals surface area contributed by atoms with Crippen LogP contribution in [0, 0.1) is 12.3 Å². The van der Waals surface area contributed by atoms with Crippen LogP contribution < -0.4 is 5.32 Å². The molecular weight excluding hydrogens is 366 g/mol. The Morgan fingerprint density at radius 2 is 2.07 bits per heavy atom. The van der Waals surface area contributed by atoms with Gasteiger partial charge in [-0.05, 0) is 63.1 Å². The number of nitrogens with one attached hydrogen (secondary N) is 2. The summed E-state index contributed by atoms with van der Waals surface area (Å²) in [6.45, 7) is 5.54. The maximum absolute atomic E-state index is 13.6. The van der Waals surface area contributed by atoms with Gasteiger partial charge in [-0.3, -0.25) is 9.89 Å². The predicted molar refractivity (Wildman–Crippen MR) is 111 cm³/mol. The zero-order valence-corrected chi connectivity index (χ0v) is 16.5. The smallest absolute Gasteiger partial charge is 0.254 e. The molecule has 1 aromatic carbocycles. The Bertz CT molecular complexity index is 1070. The molecule has 3 N–H and O–H groups in total. The molecule has 0 bridgehead atoms. The molecule has 0 saturated carbocycles. The van der Waals surface area contributed by atoms with Crippen molar-refractivity contribution in [2.45, 2.75) is 26.2 Å². The number of rotatable bonds is 2. The summed E-state index contributed by atoms with van der Waals surface area (Å²) in [5.74, 6) is 0.249. The maximum Gasteiger partial charge on any atom is 0.254 e. The van der Waals surface area contributed by atoms with Crippen LogP contribution in [0.25, 0.3) is 22.3 Å². The number of phenols is 1. The van der Waals surface area contributed by atoms with Crippen LogP contribution in [0.5, 0.6) is 5.75 Å². The van der Waals surface area contributed by atoms with Gasteiger partial charge < -0.3 is 15.3 Å². The number of aromatic amines is 1. The summed E-state index contributed by atoms with van der Waals surface area (Å²) in [7, 11) is 0. The minimum absolute atomic E-state index is 0.0490. The second-order valence-corrected chi connectivity index (χ2v) is 8.41. The van der Waals surface area contributed by atoms with Crippen molar-refractivity contribution in [3.05, 3.63) is 41.6 Å². The molecule has 29 heavy (non-hydrogen) atoms. The fourth-order valence-electron chi connectivity index (χ4n) is 4.82. The van der Waals surface area contributed by atoms with Crippen molar-refractivity contribution in [2.75, 3.05) is 26.2 Å². The standard InChI is InChI=1S/C22H25N5O2/c1-14-19-17(21(29)27-10-2-7-22(13-27)8-9-23-12-22)11-18(24-20(19)26-25-14)15-3-5-16(28)6-4-15/h3-6,11,23,28H,2,7-10,12-13H2,1H3,(H,24,25,26). The minimum Gasteiger partial charge on any atom is -0.508 e. The van der Waals surface area contributed by atoms with E-state index in [0.717, 1.165) is 55.7 Å². The van der Waals surface area contributed by atoms with E-state index in [1.807, 2.05) is 17.9 Å². The highest BCUT2D eigenvalue weighted by Crippen LogP contribution is 2.37. The minimum atomic E-state index is 0.0490. The van der Waals surface area contributed by atoms with Crippen molar-refractivity contribution >= 4 is 16.9 Å². The number of piperidine rings is 1. The molecule has 0 radical (unpaired) electrons. The molecule has 4 heterocycles. The lowest BCUT2D eigenvalue weighted by Crippen LogP contribution is -2.47. The molecule has 2 aromatic heterocycles. The Hall–Kier alpha value is -2.93. The number of amides is 1. The molecule has 1 spiro atoms. The monoisotopic (exact) mass is 391 g/mol. The number of phenolic OH excluding ortho intramolecular Hbond substituents is 1. The Balaban J connectivity index is 1.56. The van der Waals surface area contributed by atoms with Crippen molar-refractivity contribution in [3.63, 3.8) is 0 Å². The molecule has 1 unspecified atom stereocenters. The third-order valence-corrected chi connectivity index (χ3v) is 6.38. The molecule has 0 aliphatic carbocycles. The Morgan fingerprint density at radius 1 is 1.24 bits per heavy atom. The van der Waals surface area contributed by atoms with Gasteiger partial charge in [0.15, 0.2) is 5.65 Å². The Kier molecular flexibility index (Phi) is 4.28. The number of hydrogen-bond donors (Lipinski definition) is 3. The number of likely N-dealkylation sites (tertiary alicyclic amines) is 1. The van der Waals surface area contributed by atoms with Crippen molar-refractivity contribution in [1.82, 2.24) is 25.4 Å². The van der Waals surface area contributed by atoms with E-state index >= 15 is 0 Å². The van der Waals surface area contributed by atoms with Crippen LogP contribution in [0.1, 0.15) is 35.3 Å². The van der Waals surface area contributed by atoms with E-state index in [4.69, 9.17) is 0 Å². The van der Waals surface area contributed by atoms with E-state index in [1.54, 1.807) is 24.3 Å². The van der Waals surface area contributed by atoms with Gasteiger partial charge >= 0.3 is 0 Å². The first kappa shape index (κ1) is 18.1. The number of benzene rings is 1. The zero-order valence-electron chi connectivity index (χ0n) is 16.5. The molecule has 7 heteroatoms. The SMILES string of the molecule is Cc1[nH]nc2nc(-c3ccc(O)cc3)cc(C(=O)N3CCCC4(CCNC4)C3)c12. The van der Waals surface area contributed by atoms with Gasteiger partial charge in [0, 0.05) is 36.3 Å². The molecule has 2 saturated heterocycles. The summed E-state index contributed by atoms with van der Waals surface area (Å²) in [5, 5.41) is 21.1. The number of aromatic nitrogens is 3. The van der Waals surface area contributed by atoms with Crippen molar-refractivity contribution < 1.29 is 9.90 Å². The quantitative estimate of drug-likeness (QED) is 0.625. The van der Waals surface area contributed by atoms with E-state index in [1.165, 1.54) is 6.42 Å². The summed E-state index contributed by atoms with van der Waals surface area (Å²) in [6, 6.07) is 8.72. The van der Waals surface area contributed by atoms with E-state index < -0.39 is 0 Å². The molecular formula is C22H25N5O2. The van der Waals surface area contributed by atoms with Gasteiger partial charge in [-0.2, -0.15) is 5.10 Å². The van der Waals surface area contributed by atoms with E-state index in [9.17, 15) is 9.90 Å². The van der Waals surface area contributed by atoms with Crippen molar-refractivity contribution in [1.29, 1.82) is 0 Å². The van der Waals surface area contributed by atoms with Gasteiger partial charge in [0.1, 0.15) is 5.75 Å². The van der Waals surface area contributed by atoms with Gasteiger partial charge in [0.05, 0.1) is 16.6 Å². The molecule has 1 atom stereocenters. The highest BCUT2D eigenvalue weighted by atomic mass is 16.3. The Morgan fingerprint density at radius 3 is 2.83 bits per heavy atom. The normalized spacial score (nSPS) is 21.9. The maximum atomic E-state index is 13.6. The number of fused-ring (bicyclic) bond motifs is 1. The van der Waals surface area contributed by atoms with Crippen LogP contribution in [0.4, 0.5) is 0 Å². The molecule has 5 rings (SSSR count). The number of carbonyl (C=O) groups is 1. The lowest BCUT2D eigenvalue weighted by molar-refractivity contribution is 0.0555. The third-order valence-electron chi connectivity index (χ3n) is 6.38. The van der Waals surface area contributed by atoms with Crippen LogP contribution in [-0.2, 0) is 0 Å². The molecule has 2 fully saturated rings. The van der Waals surface area contributed by atoms with Crippen molar-refractivity contribution in [3.8, 4) is 17.0 Å². The first-order valence-electron chi connectivity index (χ1n) is 10.2. The first-order valence-corrected chi connectivity index (χ1v) is 10.2. The van der Waals surface area contributed by atoms with Gasteiger partial charge in [-0.15, -0.1) is 0 Å². The van der Waals surface area contributed by atoms with Crippen molar-refractivity contribution in [2.24, 2.45) is 5.41 Å². The summed E-state index contributed by atoms with van der Waals surface area (Å²) < 4.78 is 0. The van der Waals surface area contributed by atoms with Crippen LogP contribution in [0.3, 0.4) is 0 Å². The van der Waals surface area contributed by atoms with Gasteiger partial charge in [-0.1, -0.05) is 0 Å². The molecule has 2 aliphatic heterocycles. The lowest BCUT2D eigenvalue weighted by Gasteiger charge is -2.40. The van der Waals surface area contributed by atoms with E-state index in [-0.39, 0.29) is 17.1 Å². The number of aromatic hydroxyl groups is 1. The fraction of sp³-hybridized carbons (Fsp3) is 0.409.